The maximum Gasteiger partial charge on any atom is 0.344 e. The minimum absolute atomic E-state index is 0.0851. The summed E-state index contributed by atoms with van der Waals surface area (Å²) >= 11 is 0. The molecule has 26 heavy (non-hydrogen) atoms. The standard InChI is InChI=1S/C23H21NO2/c1-15-14-23(2,3)24-21-12-11-17(13-20(15)21)26-22(25)19-10-6-8-16-7-4-5-9-18(16)19/h4-14,24H,1-3H3. The number of carbonyl (C=O) groups is 1. The number of esters is 1. The van der Waals surface area contributed by atoms with E-state index in [1.54, 1.807) is 6.07 Å². The molecule has 4 rings (SSSR count). The van der Waals surface area contributed by atoms with E-state index in [0.29, 0.717) is 11.3 Å². The molecule has 3 aromatic carbocycles. The van der Waals surface area contributed by atoms with Crippen LogP contribution in [0.4, 0.5) is 5.69 Å². The van der Waals surface area contributed by atoms with Crippen LogP contribution in [-0.2, 0) is 0 Å². The Morgan fingerprint density at radius 1 is 1.00 bits per heavy atom. The number of allylic oxidation sites excluding steroid dienone is 1. The highest BCUT2D eigenvalue weighted by Crippen LogP contribution is 2.36. The molecule has 0 spiro atoms. The van der Waals surface area contributed by atoms with Crippen LogP contribution in [0.1, 0.15) is 36.7 Å². The van der Waals surface area contributed by atoms with Crippen LogP contribution in [-0.4, -0.2) is 11.5 Å². The van der Waals surface area contributed by atoms with Crippen LogP contribution >= 0.6 is 0 Å². The highest BCUT2D eigenvalue weighted by Gasteiger charge is 2.23. The van der Waals surface area contributed by atoms with Gasteiger partial charge in [-0.2, -0.15) is 0 Å². The molecule has 3 aromatic rings. The van der Waals surface area contributed by atoms with E-state index in [1.165, 1.54) is 5.57 Å². The third-order valence-corrected chi connectivity index (χ3v) is 4.67. The van der Waals surface area contributed by atoms with Crippen molar-refractivity contribution in [3.05, 3.63) is 77.9 Å². The van der Waals surface area contributed by atoms with E-state index < -0.39 is 0 Å². The predicted octanol–water partition coefficient (Wildman–Crippen LogP) is 5.67. The summed E-state index contributed by atoms with van der Waals surface area (Å²) in [5.74, 6) is 0.212. The Bertz CT molecular complexity index is 1040. The van der Waals surface area contributed by atoms with Gasteiger partial charge in [-0.3, -0.25) is 0 Å². The Kier molecular flexibility index (Phi) is 3.80. The molecular weight excluding hydrogens is 322 g/mol. The van der Waals surface area contributed by atoms with Gasteiger partial charge in [-0.25, -0.2) is 4.79 Å². The van der Waals surface area contributed by atoms with Gasteiger partial charge in [-0.1, -0.05) is 42.5 Å². The second kappa shape index (κ2) is 6.03. The van der Waals surface area contributed by atoms with Crippen LogP contribution in [0.2, 0.25) is 0 Å². The van der Waals surface area contributed by atoms with Gasteiger partial charge in [-0.05, 0) is 61.4 Å². The van der Waals surface area contributed by atoms with Gasteiger partial charge in [0.2, 0.25) is 0 Å². The van der Waals surface area contributed by atoms with Crippen molar-refractivity contribution in [3.63, 3.8) is 0 Å². The van der Waals surface area contributed by atoms with Gasteiger partial charge in [0.25, 0.3) is 0 Å². The summed E-state index contributed by atoms with van der Waals surface area (Å²) in [6, 6.07) is 19.2. The van der Waals surface area contributed by atoms with Crippen LogP contribution in [0.3, 0.4) is 0 Å². The fourth-order valence-corrected chi connectivity index (χ4v) is 3.59. The summed E-state index contributed by atoms with van der Waals surface area (Å²) in [6.45, 7) is 6.35. The summed E-state index contributed by atoms with van der Waals surface area (Å²) in [4.78, 5) is 12.7. The molecule has 0 bridgehead atoms. The lowest BCUT2D eigenvalue weighted by molar-refractivity contribution is 0.0737. The summed E-state index contributed by atoms with van der Waals surface area (Å²) in [6.07, 6.45) is 2.19. The van der Waals surface area contributed by atoms with Gasteiger partial charge in [0.15, 0.2) is 0 Å². The SMILES string of the molecule is CC1=CC(C)(C)Nc2ccc(OC(=O)c3cccc4ccccc34)cc21. The number of benzene rings is 3. The molecule has 0 aliphatic carbocycles. The smallest absolute Gasteiger partial charge is 0.344 e. The quantitative estimate of drug-likeness (QED) is 0.481. The van der Waals surface area contributed by atoms with Gasteiger partial charge in [0.1, 0.15) is 5.75 Å². The fourth-order valence-electron chi connectivity index (χ4n) is 3.59. The third-order valence-electron chi connectivity index (χ3n) is 4.67. The van der Waals surface area contributed by atoms with Crippen LogP contribution in [0, 0.1) is 0 Å². The highest BCUT2D eigenvalue weighted by molar-refractivity contribution is 6.05. The zero-order valence-corrected chi connectivity index (χ0v) is 15.2. The van der Waals surface area contributed by atoms with Crippen LogP contribution in [0.25, 0.3) is 16.3 Å². The van der Waals surface area contributed by atoms with Gasteiger partial charge < -0.3 is 10.1 Å². The number of anilines is 1. The van der Waals surface area contributed by atoms with Crippen molar-refractivity contribution in [1.82, 2.24) is 0 Å². The number of nitrogens with one attached hydrogen (secondary N) is 1. The van der Waals surface area contributed by atoms with Gasteiger partial charge >= 0.3 is 5.97 Å². The average Bonchev–Trinajstić information content (AvgIpc) is 2.61. The molecule has 1 heterocycles. The third kappa shape index (κ3) is 2.97. The predicted molar refractivity (Wildman–Crippen MR) is 107 cm³/mol. The molecule has 0 aromatic heterocycles. The molecular formula is C23H21NO2. The molecule has 0 saturated carbocycles. The van der Waals surface area contributed by atoms with Crippen LogP contribution in [0.15, 0.2) is 66.7 Å². The summed E-state index contributed by atoms with van der Waals surface area (Å²) in [5.41, 5.74) is 3.78. The van der Waals surface area contributed by atoms with Crippen molar-refractivity contribution >= 4 is 28.0 Å². The first-order valence-corrected chi connectivity index (χ1v) is 8.75. The maximum atomic E-state index is 12.7. The second-order valence-corrected chi connectivity index (χ2v) is 7.30. The molecule has 1 N–H and O–H groups in total. The van der Waals surface area contributed by atoms with E-state index in [2.05, 4.69) is 32.2 Å². The fraction of sp³-hybridized carbons (Fsp3) is 0.174. The largest absolute Gasteiger partial charge is 0.423 e. The van der Waals surface area contributed by atoms with E-state index in [-0.39, 0.29) is 11.5 Å². The van der Waals surface area contributed by atoms with E-state index in [9.17, 15) is 4.79 Å². The van der Waals surface area contributed by atoms with Crippen LogP contribution in [0.5, 0.6) is 5.75 Å². The highest BCUT2D eigenvalue weighted by atomic mass is 16.5. The molecule has 0 radical (unpaired) electrons. The molecule has 3 nitrogen and oxygen atoms in total. The monoisotopic (exact) mass is 343 g/mol. The average molecular weight is 343 g/mol. The number of ether oxygens (including phenoxy) is 1. The maximum absolute atomic E-state index is 12.7. The Morgan fingerprint density at radius 3 is 2.62 bits per heavy atom. The number of hydrogen-bond donors (Lipinski definition) is 1. The van der Waals surface area contributed by atoms with Crippen molar-refractivity contribution in [2.24, 2.45) is 0 Å². The number of hydrogen-bond acceptors (Lipinski definition) is 3. The molecule has 130 valence electrons. The lowest BCUT2D eigenvalue weighted by atomic mass is 9.91. The lowest BCUT2D eigenvalue weighted by Crippen LogP contribution is -2.31. The van der Waals surface area contributed by atoms with Crippen molar-refractivity contribution in [1.29, 1.82) is 0 Å². The van der Waals surface area contributed by atoms with Gasteiger partial charge in [0.05, 0.1) is 11.1 Å². The number of carbonyl (C=O) groups excluding carboxylic acids is 1. The van der Waals surface area contributed by atoms with Crippen molar-refractivity contribution < 1.29 is 9.53 Å². The Hall–Kier alpha value is -3.07. The van der Waals surface area contributed by atoms with Crippen molar-refractivity contribution in [2.45, 2.75) is 26.3 Å². The topological polar surface area (TPSA) is 38.3 Å². The molecule has 0 amide bonds. The van der Waals surface area contributed by atoms with E-state index in [4.69, 9.17) is 4.74 Å². The first-order valence-electron chi connectivity index (χ1n) is 8.75. The van der Waals surface area contributed by atoms with E-state index in [0.717, 1.165) is 22.0 Å². The Labute approximate surface area is 153 Å². The molecule has 0 saturated heterocycles. The molecule has 0 unspecified atom stereocenters. The minimum atomic E-state index is -0.340. The normalized spacial score (nSPS) is 15.0. The minimum Gasteiger partial charge on any atom is -0.423 e. The van der Waals surface area contributed by atoms with Gasteiger partial charge in [0, 0.05) is 11.3 Å². The van der Waals surface area contributed by atoms with Crippen LogP contribution < -0.4 is 10.1 Å². The van der Waals surface area contributed by atoms with Gasteiger partial charge in [-0.15, -0.1) is 0 Å². The van der Waals surface area contributed by atoms with Crippen molar-refractivity contribution in [3.8, 4) is 5.75 Å². The molecule has 1 aliphatic rings. The first kappa shape index (κ1) is 16.4. The Morgan fingerprint density at radius 2 is 1.77 bits per heavy atom. The first-order chi connectivity index (χ1) is 12.4. The zero-order chi connectivity index (χ0) is 18.3. The zero-order valence-electron chi connectivity index (χ0n) is 15.2. The molecule has 0 atom stereocenters. The second-order valence-electron chi connectivity index (χ2n) is 7.30. The molecule has 0 fully saturated rings. The lowest BCUT2D eigenvalue weighted by Gasteiger charge is -2.31. The summed E-state index contributed by atoms with van der Waals surface area (Å²) < 4.78 is 5.68. The van der Waals surface area contributed by atoms with E-state index >= 15 is 0 Å². The number of rotatable bonds is 2. The number of fused-ring (bicyclic) bond motifs is 2. The molecule has 1 aliphatic heterocycles. The van der Waals surface area contributed by atoms with E-state index in [1.807, 2.05) is 54.6 Å². The Balaban J connectivity index is 1.66. The summed E-state index contributed by atoms with van der Waals surface area (Å²) in [7, 11) is 0. The molecule has 3 heteroatoms. The summed E-state index contributed by atoms with van der Waals surface area (Å²) in [5, 5.41) is 5.41. The van der Waals surface area contributed by atoms with Crippen molar-refractivity contribution in [2.75, 3.05) is 5.32 Å².